The molecule has 158 valence electrons. The van der Waals surface area contributed by atoms with Crippen LogP contribution in [0.15, 0.2) is 47.2 Å². The topological polar surface area (TPSA) is 18.5 Å². The molecule has 4 aromatic heterocycles. The summed E-state index contributed by atoms with van der Waals surface area (Å²) in [6, 6.07) is 13.0. The molecule has 0 unspecified atom stereocenters. The van der Waals surface area contributed by atoms with Crippen molar-refractivity contribution >= 4 is 45.3 Å². The maximum Gasteiger partial charge on any atom is 0.183 e. The lowest BCUT2D eigenvalue weighted by molar-refractivity contribution is 0.134. The lowest BCUT2D eigenvalue weighted by Gasteiger charge is -2.23. The van der Waals surface area contributed by atoms with Crippen LogP contribution in [0.2, 0.25) is 0 Å². The standard InChI is InChI=1S/C24H26O2S4/c1-23(2,3)25-21-15(13-19(29-21)17-9-7-11-27-17)16-14-20(18-10-8-12-28-18)30-22(16)26-24(4,5)6/h7-14H,1-6H3. The van der Waals surface area contributed by atoms with Gasteiger partial charge in [0.05, 0.1) is 0 Å². The highest BCUT2D eigenvalue weighted by molar-refractivity contribution is 7.23. The van der Waals surface area contributed by atoms with E-state index in [1.807, 2.05) is 0 Å². The van der Waals surface area contributed by atoms with Gasteiger partial charge in [0.25, 0.3) is 0 Å². The van der Waals surface area contributed by atoms with E-state index in [9.17, 15) is 0 Å². The van der Waals surface area contributed by atoms with E-state index in [1.54, 1.807) is 45.3 Å². The average molecular weight is 475 g/mol. The predicted molar refractivity (Wildman–Crippen MR) is 135 cm³/mol. The number of hydrogen-bond donors (Lipinski definition) is 0. The van der Waals surface area contributed by atoms with Crippen LogP contribution in [0.3, 0.4) is 0 Å². The van der Waals surface area contributed by atoms with E-state index in [0.717, 1.165) is 21.3 Å². The molecule has 0 aliphatic rings. The molecule has 2 nitrogen and oxygen atoms in total. The second-order valence-corrected chi connectivity index (χ2v) is 12.9. The van der Waals surface area contributed by atoms with E-state index in [0.29, 0.717) is 0 Å². The van der Waals surface area contributed by atoms with Gasteiger partial charge in [0, 0.05) is 30.6 Å². The summed E-state index contributed by atoms with van der Waals surface area (Å²) < 4.78 is 12.9. The van der Waals surface area contributed by atoms with Gasteiger partial charge < -0.3 is 9.47 Å². The largest absolute Gasteiger partial charge is 0.478 e. The van der Waals surface area contributed by atoms with Crippen molar-refractivity contribution in [2.75, 3.05) is 0 Å². The summed E-state index contributed by atoms with van der Waals surface area (Å²) in [5, 5.41) is 6.12. The molecule has 0 N–H and O–H groups in total. The summed E-state index contributed by atoms with van der Waals surface area (Å²) in [7, 11) is 0. The van der Waals surface area contributed by atoms with E-state index < -0.39 is 0 Å². The SMILES string of the molecule is CC(C)(C)Oc1sc(-c2cccs2)cc1-c1cc(-c2cccs2)sc1OC(C)(C)C. The Bertz CT molecular complexity index is 1010. The van der Waals surface area contributed by atoms with E-state index in [4.69, 9.17) is 9.47 Å². The predicted octanol–water partition coefficient (Wildman–Crippen LogP) is 9.29. The van der Waals surface area contributed by atoms with Crippen LogP contribution in [0.1, 0.15) is 41.5 Å². The highest BCUT2D eigenvalue weighted by atomic mass is 32.1. The Labute approximate surface area is 194 Å². The zero-order valence-electron chi connectivity index (χ0n) is 18.1. The maximum atomic E-state index is 6.43. The normalized spacial score (nSPS) is 12.3. The van der Waals surface area contributed by atoms with Crippen molar-refractivity contribution < 1.29 is 9.47 Å². The molecule has 0 saturated carbocycles. The highest BCUT2D eigenvalue weighted by Gasteiger charge is 2.26. The van der Waals surface area contributed by atoms with E-state index >= 15 is 0 Å². The van der Waals surface area contributed by atoms with Crippen molar-refractivity contribution in [3.8, 4) is 40.8 Å². The lowest BCUT2D eigenvalue weighted by atomic mass is 10.1. The Morgan fingerprint density at radius 2 is 1.00 bits per heavy atom. The minimum atomic E-state index is -0.274. The third kappa shape index (κ3) is 4.99. The zero-order valence-corrected chi connectivity index (χ0v) is 21.3. The lowest BCUT2D eigenvalue weighted by Crippen LogP contribution is -2.23. The van der Waals surface area contributed by atoms with Gasteiger partial charge in [-0.3, -0.25) is 0 Å². The molecule has 0 saturated heterocycles. The van der Waals surface area contributed by atoms with Gasteiger partial charge in [0.15, 0.2) is 10.1 Å². The molecular formula is C24H26O2S4. The Hall–Kier alpha value is -1.60. The number of hydrogen-bond acceptors (Lipinski definition) is 6. The van der Waals surface area contributed by atoms with Crippen LogP contribution in [0.25, 0.3) is 30.6 Å². The number of thiophene rings is 4. The molecular weight excluding hydrogens is 449 g/mol. The first-order valence-electron chi connectivity index (χ1n) is 9.83. The summed E-state index contributed by atoms with van der Waals surface area (Å²) in [6.07, 6.45) is 0. The molecule has 0 radical (unpaired) electrons. The molecule has 4 rings (SSSR count). The smallest absolute Gasteiger partial charge is 0.183 e. The minimum absolute atomic E-state index is 0.274. The van der Waals surface area contributed by atoms with Gasteiger partial charge in [-0.15, -0.1) is 22.7 Å². The highest BCUT2D eigenvalue weighted by Crippen LogP contribution is 2.52. The first-order chi connectivity index (χ1) is 14.1. The number of rotatable bonds is 5. The summed E-state index contributed by atoms with van der Waals surface area (Å²) in [5.41, 5.74) is 1.67. The van der Waals surface area contributed by atoms with Gasteiger partial charge in [-0.05, 0) is 76.6 Å². The zero-order chi connectivity index (χ0) is 21.5. The summed E-state index contributed by atoms with van der Waals surface area (Å²) >= 11 is 6.94. The third-order valence-electron chi connectivity index (χ3n) is 4.01. The van der Waals surface area contributed by atoms with Crippen molar-refractivity contribution in [2.24, 2.45) is 0 Å². The van der Waals surface area contributed by atoms with E-state index in [-0.39, 0.29) is 11.2 Å². The quantitative estimate of drug-likeness (QED) is 0.287. The fourth-order valence-corrected chi connectivity index (χ4v) is 6.95. The van der Waals surface area contributed by atoms with Crippen LogP contribution in [0.4, 0.5) is 0 Å². The Balaban J connectivity index is 1.87. The molecule has 0 aliphatic carbocycles. The molecule has 0 spiro atoms. The number of ether oxygens (including phenoxy) is 2. The van der Waals surface area contributed by atoms with Crippen molar-refractivity contribution in [1.29, 1.82) is 0 Å². The Morgan fingerprint density at radius 1 is 0.600 bits per heavy atom. The van der Waals surface area contributed by atoms with Crippen LogP contribution in [0.5, 0.6) is 10.1 Å². The van der Waals surface area contributed by atoms with Gasteiger partial charge in [0.2, 0.25) is 0 Å². The molecule has 6 heteroatoms. The molecule has 4 heterocycles. The van der Waals surface area contributed by atoms with Gasteiger partial charge in [-0.1, -0.05) is 34.8 Å². The maximum absolute atomic E-state index is 6.43. The monoisotopic (exact) mass is 474 g/mol. The van der Waals surface area contributed by atoms with Crippen LogP contribution in [-0.2, 0) is 0 Å². The van der Waals surface area contributed by atoms with Crippen molar-refractivity contribution in [1.82, 2.24) is 0 Å². The van der Waals surface area contributed by atoms with Crippen LogP contribution >= 0.6 is 45.3 Å². The van der Waals surface area contributed by atoms with Crippen molar-refractivity contribution in [2.45, 2.75) is 52.7 Å². The molecule has 0 aromatic carbocycles. The molecule has 0 atom stereocenters. The van der Waals surface area contributed by atoms with Crippen molar-refractivity contribution in [3.63, 3.8) is 0 Å². The molecule has 0 aliphatic heterocycles. The Kier molecular flexibility index (Phi) is 5.88. The molecule has 0 amide bonds. The van der Waals surface area contributed by atoms with Crippen LogP contribution in [0, 0.1) is 0 Å². The molecule has 30 heavy (non-hydrogen) atoms. The third-order valence-corrected chi connectivity index (χ3v) is 8.17. The second kappa shape index (κ2) is 8.15. The first kappa shape index (κ1) is 21.6. The van der Waals surface area contributed by atoms with E-state index in [2.05, 4.69) is 88.7 Å². The van der Waals surface area contributed by atoms with Crippen LogP contribution in [-0.4, -0.2) is 11.2 Å². The van der Waals surface area contributed by atoms with E-state index in [1.165, 1.54) is 19.5 Å². The summed E-state index contributed by atoms with van der Waals surface area (Å²) in [5.74, 6) is 0. The minimum Gasteiger partial charge on any atom is -0.478 e. The van der Waals surface area contributed by atoms with Gasteiger partial charge >= 0.3 is 0 Å². The summed E-state index contributed by atoms with van der Waals surface area (Å²) in [6.45, 7) is 12.6. The summed E-state index contributed by atoms with van der Waals surface area (Å²) in [4.78, 5) is 4.98. The van der Waals surface area contributed by atoms with Crippen LogP contribution < -0.4 is 9.47 Å². The first-order valence-corrected chi connectivity index (χ1v) is 13.2. The fraction of sp³-hybridized carbons (Fsp3) is 0.333. The van der Waals surface area contributed by atoms with Gasteiger partial charge in [-0.2, -0.15) is 0 Å². The Morgan fingerprint density at radius 3 is 1.30 bits per heavy atom. The van der Waals surface area contributed by atoms with Gasteiger partial charge in [0.1, 0.15) is 11.2 Å². The second-order valence-electron chi connectivity index (χ2n) is 9.01. The fourth-order valence-electron chi connectivity index (χ4n) is 2.91. The van der Waals surface area contributed by atoms with Crippen molar-refractivity contribution in [3.05, 3.63) is 47.2 Å². The van der Waals surface area contributed by atoms with Gasteiger partial charge in [-0.25, -0.2) is 0 Å². The average Bonchev–Trinajstić information content (AvgIpc) is 3.39. The molecule has 0 fully saturated rings. The molecule has 0 bridgehead atoms. The molecule has 4 aromatic rings.